The van der Waals surface area contributed by atoms with E-state index >= 15 is 0 Å². The molecule has 4 rings (SSSR count). The van der Waals surface area contributed by atoms with Crippen LogP contribution in [0.15, 0.2) is 48.0 Å². The van der Waals surface area contributed by atoms with E-state index in [-0.39, 0.29) is 24.3 Å². The molecular formula is C22H24N2O2S. The number of hydrogen-bond acceptors (Lipinski definition) is 3. The molecule has 0 unspecified atom stereocenters. The minimum atomic E-state index is 0.0177. The lowest BCUT2D eigenvalue weighted by Crippen LogP contribution is -2.36. The molecule has 2 aromatic heterocycles. The number of thiophene rings is 1. The molecule has 3 aromatic rings. The smallest absolute Gasteiger partial charge is 0.240 e. The minimum Gasteiger partial charge on any atom is -0.352 e. The average Bonchev–Trinajstić information content (AvgIpc) is 3.25. The molecular weight excluding hydrogens is 356 g/mol. The second-order valence-corrected chi connectivity index (χ2v) is 8.20. The second-order valence-electron chi connectivity index (χ2n) is 7.25. The number of fused-ring (bicyclic) bond motifs is 1. The number of para-hydroxylation sites is 1. The number of aromatic nitrogens is 1. The molecule has 0 saturated heterocycles. The summed E-state index contributed by atoms with van der Waals surface area (Å²) in [4.78, 5) is 26.2. The van der Waals surface area contributed by atoms with E-state index in [2.05, 4.69) is 5.32 Å². The van der Waals surface area contributed by atoms with Crippen LogP contribution < -0.4 is 5.32 Å². The lowest BCUT2D eigenvalue weighted by Gasteiger charge is -2.16. The Morgan fingerprint density at radius 2 is 1.81 bits per heavy atom. The number of nitrogens with one attached hydrogen (secondary N) is 1. The summed E-state index contributed by atoms with van der Waals surface area (Å²) in [5.74, 6) is 0.0434. The zero-order chi connectivity index (χ0) is 18.6. The van der Waals surface area contributed by atoms with Crippen molar-refractivity contribution in [2.24, 2.45) is 0 Å². The number of benzene rings is 1. The van der Waals surface area contributed by atoms with Gasteiger partial charge >= 0.3 is 0 Å². The standard InChI is InChI=1S/C22H24N2O2S/c25-21(23-16-8-3-1-2-4-9-16)15-24-14-18(17-10-5-6-11-19(17)24)22(26)20-12-7-13-27-20/h5-7,10-14,16H,1-4,8-9,15H2,(H,23,25). The molecule has 0 atom stereocenters. The van der Waals surface area contributed by atoms with Crippen LogP contribution in [0.25, 0.3) is 10.9 Å². The first-order valence-electron chi connectivity index (χ1n) is 9.68. The van der Waals surface area contributed by atoms with Gasteiger partial charge in [-0.25, -0.2) is 0 Å². The van der Waals surface area contributed by atoms with Gasteiger partial charge in [-0.3, -0.25) is 9.59 Å². The van der Waals surface area contributed by atoms with Gasteiger partial charge in [0.05, 0.1) is 4.88 Å². The number of ketones is 1. The van der Waals surface area contributed by atoms with Crippen molar-refractivity contribution < 1.29 is 9.59 Å². The Morgan fingerprint density at radius 1 is 1.04 bits per heavy atom. The molecule has 0 radical (unpaired) electrons. The number of rotatable bonds is 5. The molecule has 5 heteroatoms. The predicted octanol–water partition coefficient (Wildman–Crippen LogP) is 4.77. The minimum absolute atomic E-state index is 0.0177. The summed E-state index contributed by atoms with van der Waals surface area (Å²) in [6.45, 7) is 0.245. The maximum atomic E-state index is 12.9. The summed E-state index contributed by atoms with van der Waals surface area (Å²) in [5.41, 5.74) is 1.59. The Morgan fingerprint density at radius 3 is 2.56 bits per heavy atom. The highest BCUT2D eigenvalue weighted by Crippen LogP contribution is 2.25. The fourth-order valence-electron chi connectivity index (χ4n) is 3.95. The summed E-state index contributed by atoms with van der Waals surface area (Å²) < 4.78 is 1.90. The topological polar surface area (TPSA) is 51.1 Å². The van der Waals surface area contributed by atoms with Gasteiger partial charge in [0.15, 0.2) is 0 Å². The molecule has 1 N–H and O–H groups in total. The molecule has 1 fully saturated rings. The van der Waals surface area contributed by atoms with Crippen LogP contribution in [0.2, 0.25) is 0 Å². The third-order valence-corrected chi connectivity index (χ3v) is 6.18. The van der Waals surface area contributed by atoms with Crippen molar-refractivity contribution in [3.63, 3.8) is 0 Å². The van der Waals surface area contributed by atoms with Crippen molar-refractivity contribution in [2.45, 2.75) is 51.1 Å². The van der Waals surface area contributed by atoms with Gasteiger partial charge in [0.25, 0.3) is 0 Å². The third kappa shape index (κ3) is 3.98. The SMILES string of the molecule is O=C(Cn1cc(C(=O)c2cccs2)c2ccccc21)NC1CCCCCC1. The van der Waals surface area contributed by atoms with E-state index in [4.69, 9.17) is 0 Å². The van der Waals surface area contributed by atoms with Crippen molar-refractivity contribution in [3.8, 4) is 0 Å². The molecule has 1 saturated carbocycles. The van der Waals surface area contributed by atoms with Crippen LogP contribution in [0, 0.1) is 0 Å². The van der Waals surface area contributed by atoms with Crippen LogP contribution >= 0.6 is 11.3 Å². The largest absolute Gasteiger partial charge is 0.352 e. The van der Waals surface area contributed by atoms with Gasteiger partial charge < -0.3 is 9.88 Å². The Balaban J connectivity index is 1.56. The number of carbonyl (C=O) groups is 2. The lowest BCUT2D eigenvalue weighted by atomic mass is 10.1. The molecule has 1 amide bonds. The van der Waals surface area contributed by atoms with E-state index in [1.807, 2.05) is 52.5 Å². The predicted molar refractivity (Wildman–Crippen MR) is 109 cm³/mol. The van der Waals surface area contributed by atoms with Gasteiger partial charge in [0, 0.05) is 28.7 Å². The highest BCUT2D eigenvalue weighted by molar-refractivity contribution is 7.12. The maximum Gasteiger partial charge on any atom is 0.240 e. The van der Waals surface area contributed by atoms with Crippen molar-refractivity contribution >= 4 is 33.9 Å². The van der Waals surface area contributed by atoms with Crippen LogP contribution in [0.3, 0.4) is 0 Å². The monoisotopic (exact) mass is 380 g/mol. The van der Waals surface area contributed by atoms with Crippen LogP contribution in [0.4, 0.5) is 0 Å². The van der Waals surface area contributed by atoms with Gasteiger partial charge in [-0.2, -0.15) is 0 Å². The van der Waals surface area contributed by atoms with Crippen LogP contribution in [-0.4, -0.2) is 22.3 Å². The number of amides is 1. The van der Waals surface area contributed by atoms with E-state index in [1.54, 1.807) is 0 Å². The van der Waals surface area contributed by atoms with Crippen molar-refractivity contribution in [1.29, 1.82) is 0 Å². The number of nitrogens with zero attached hydrogens (tertiary/aromatic N) is 1. The Hall–Kier alpha value is -2.40. The second kappa shape index (κ2) is 8.09. The fourth-order valence-corrected chi connectivity index (χ4v) is 4.63. The molecule has 0 bridgehead atoms. The first kappa shape index (κ1) is 18.0. The van der Waals surface area contributed by atoms with Crippen molar-refractivity contribution in [1.82, 2.24) is 9.88 Å². The quantitative estimate of drug-likeness (QED) is 0.512. The van der Waals surface area contributed by atoms with Gasteiger partial charge in [-0.05, 0) is 30.4 Å². The fraction of sp³-hybridized carbons (Fsp3) is 0.364. The molecule has 0 spiro atoms. The molecule has 27 heavy (non-hydrogen) atoms. The Kier molecular flexibility index (Phi) is 5.39. The molecule has 2 heterocycles. The van der Waals surface area contributed by atoms with E-state index in [1.165, 1.54) is 37.0 Å². The van der Waals surface area contributed by atoms with Crippen LogP contribution in [0.5, 0.6) is 0 Å². The normalized spacial score (nSPS) is 15.6. The zero-order valence-corrected chi connectivity index (χ0v) is 16.1. The van der Waals surface area contributed by atoms with Gasteiger partial charge in [0.1, 0.15) is 6.54 Å². The van der Waals surface area contributed by atoms with Crippen molar-refractivity contribution in [3.05, 3.63) is 58.4 Å². The summed E-state index contributed by atoms with van der Waals surface area (Å²) in [7, 11) is 0. The Bertz CT molecular complexity index is 935. The number of carbonyl (C=O) groups excluding carboxylic acids is 2. The molecule has 1 aliphatic rings. The highest BCUT2D eigenvalue weighted by Gasteiger charge is 2.19. The van der Waals surface area contributed by atoms with Crippen LogP contribution in [0.1, 0.15) is 53.8 Å². The summed E-state index contributed by atoms with van der Waals surface area (Å²) in [6.07, 6.45) is 8.89. The first-order chi connectivity index (χ1) is 13.2. The summed E-state index contributed by atoms with van der Waals surface area (Å²) >= 11 is 1.44. The maximum absolute atomic E-state index is 12.9. The van der Waals surface area contributed by atoms with E-state index < -0.39 is 0 Å². The highest BCUT2D eigenvalue weighted by atomic mass is 32.1. The Labute approximate surface area is 163 Å². The van der Waals surface area contributed by atoms with E-state index in [9.17, 15) is 9.59 Å². The third-order valence-electron chi connectivity index (χ3n) is 5.31. The van der Waals surface area contributed by atoms with Crippen LogP contribution in [-0.2, 0) is 11.3 Å². The van der Waals surface area contributed by atoms with Gasteiger partial charge in [-0.1, -0.05) is 49.9 Å². The lowest BCUT2D eigenvalue weighted by molar-refractivity contribution is -0.122. The van der Waals surface area contributed by atoms with Gasteiger partial charge in [0.2, 0.25) is 11.7 Å². The first-order valence-corrected chi connectivity index (χ1v) is 10.6. The summed E-state index contributed by atoms with van der Waals surface area (Å²) in [6, 6.07) is 11.8. The number of hydrogen-bond donors (Lipinski definition) is 1. The van der Waals surface area contributed by atoms with E-state index in [0.717, 1.165) is 28.6 Å². The van der Waals surface area contributed by atoms with Gasteiger partial charge in [-0.15, -0.1) is 11.3 Å². The molecule has 1 aliphatic carbocycles. The molecule has 0 aliphatic heterocycles. The average molecular weight is 381 g/mol. The molecule has 1 aromatic carbocycles. The molecule has 4 nitrogen and oxygen atoms in total. The summed E-state index contributed by atoms with van der Waals surface area (Å²) in [5, 5.41) is 6.01. The van der Waals surface area contributed by atoms with Crippen molar-refractivity contribution in [2.75, 3.05) is 0 Å². The van der Waals surface area contributed by atoms with E-state index in [0.29, 0.717) is 5.56 Å². The zero-order valence-electron chi connectivity index (χ0n) is 15.3. The molecule has 140 valence electrons.